The van der Waals surface area contributed by atoms with Crippen LogP contribution in [-0.4, -0.2) is 50.8 Å². The van der Waals surface area contributed by atoms with E-state index in [0.29, 0.717) is 26.4 Å². The topological polar surface area (TPSA) is 36.9 Å². The molecule has 2 rings (SSSR count). The lowest BCUT2D eigenvalue weighted by molar-refractivity contribution is -0.0402. The molecule has 0 bridgehead atoms. The van der Waals surface area contributed by atoms with Crippen molar-refractivity contribution in [3.8, 4) is 0 Å². The Morgan fingerprint density at radius 1 is 0.938 bits per heavy atom. The van der Waals surface area contributed by atoms with Crippen molar-refractivity contribution in [3.05, 3.63) is 25.3 Å². The molecule has 16 heavy (non-hydrogen) atoms. The molecule has 0 aromatic heterocycles. The number of rotatable bonds is 6. The van der Waals surface area contributed by atoms with Crippen LogP contribution in [0.2, 0.25) is 0 Å². The van der Waals surface area contributed by atoms with Crippen LogP contribution in [-0.2, 0) is 18.9 Å². The van der Waals surface area contributed by atoms with Crippen LogP contribution in [0, 0.1) is 0 Å². The summed E-state index contributed by atoms with van der Waals surface area (Å²) in [7, 11) is 0. The Morgan fingerprint density at radius 2 is 1.38 bits per heavy atom. The highest BCUT2D eigenvalue weighted by molar-refractivity contribution is 4.96. The molecular formula is C12H18O4. The quantitative estimate of drug-likeness (QED) is 0.631. The fraction of sp³-hybridized carbons (Fsp3) is 0.667. The zero-order valence-corrected chi connectivity index (χ0v) is 9.34. The monoisotopic (exact) mass is 226 g/mol. The minimum absolute atomic E-state index is 0.000307. The SMILES string of the molecule is C=CCO[C@H]1CO[C@H]2[C@@H]1OC[C@@H]2OCC=C. The van der Waals surface area contributed by atoms with E-state index in [4.69, 9.17) is 18.9 Å². The molecule has 0 aromatic carbocycles. The highest BCUT2D eigenvalue weighted by Gasteiger charge is 2.48. The molecule has 0 saturated carbocycles. The van der Waals surface area contributed by atoms with E-state index >= 15 is 0 Å². The van der Waals surface area contributed by atoms with Crippen LogP contribution in [0.15, 0.2) is 25.3 Å². The van der Waals surface area contributed by atoms with E-state index in [0.717, 1.165) is 0 Å². The average molecular weight is 226 g/mol. The normalized spacial score (nSPS) is 37.2. The first-order valence-corrected chi connectivity index (χ1v) is 5.55. The van der Waals surface area contributed by atoms with Gasteiger partial charge in [0, 0.05) is 0 Å². The van der Waals surface area contributed by atoms with Crippen LogP contribution in [0.25, 0.3) is 0 Å². The number of fused-ring (bicyclic) bond motifs is 1. The molecule has 0 spiro atoms. The van der Waals surface area contributed by atoms with Crippen LogP contribution in [0.5, 0.6) is 0 Å². The zero-order chi connectivity index (χ0) is 11.4. The maximum atomic E-state index is 5.65. The van der Waals surface area contributed by atoms with E-state index in [1.54, 1.807) is 12.2 Å². The van der Waals surface area contributed by atoms with Gasteiger partial charge in [-0.25, -0.2) is 0 Å². The van der Waals surface area contributed by atoms with E-state index in [1.165, 1.54) is 0 Å². The Balaban J connectivity index is 1.85. The molecule has 0 amide bonds. The van der Waals surface area contributed by atoms with E-state index in [1.807, 2.05) is 0 Å². The van der Waals surface area contributed by atoms with Gasteiger partial charge in [0.1, 0.15) is 24.4 Å². The van der Waals surface area contributed by atoms with Crippen molar-refractivity contribution in [2.75, 3.05) is 26.4 Å². The Hall–Kier alpha value is -0.680. The van der Waals surface area contributed by atoms with Gasteiger partial charge in [-0.3, -0.25) is 0 Å². The lowest BCUT2D eigenvalue weighted by Crippen LogP contribution is -2.34. The van der Waals surface area contributed by atoms with Crippen LogP contribution in [0.1, 0.15) is 0 Å². The predicted molar refractivity (Wildman–Crippen MR) is 59.4 cm³/mol. The summed E-state index contributed by atoms with van der Waals surface area (Å²) >= 11 is 0. The zero-order valence-electron chi connectivity index (χ0n) is 9.34. The first-order chi connectivity index (χ1) is 7.86. The van der Waals surface area contributed by atoms with Crippen molar-refractivity contribution >= 4 is 0 Å². The summed E-state index contributed by atoms with van der Waals surface area (Å²) in [6, 6.07) is 0. The van der Waals surface area contributed by atoms with Gasteiger partial charge in [0.15, 0.2) is 0 Å². The van der Waals surface area contributed by atoms with Crippen molar-refractivity contribution < 1.29 is 18.9 Å². The van der Waals surface area contributed by atoms with Gasteiger partial charge in [-0.2, -0.15) is 0 Å². The Labute approximate surface area is 95.8 Å². The summed E-state index contributed by atoms with van der Waals surface area (Å²) in [6.07, 6.45) is 3.45. The molecule has 2 heterocycles. The molecule has 0 unspecified atom stereocenters. The summed E-state index contributed by atoms with van der Waals surface area (Å²) in [6.45, 7) is 9.43. The Morgan fingerprint density at radius 3 is 1.75 bits per heavy atom. The van der Waals surface area contributed by atoms with E-state index in [-0.39, 0.29) is 24.4 Å². The van der Waals surface area contributed by atoms with E-state index < -0.39 is 0 Å². The van der Waals surface area contributed by atoms with Crippen molar-refractivity contribution in [3.63, 3.8) is 0 Å². The highest BCUT2D eigenvalue weighted by atomic mass is 16.6. The van der Waals surface area contributed by atoms with Crippen molar-refractivity contribution in [1.82, 2.24) is 0 Å². The molecule has 2 saturated heterocycles. The van der Waals surface area contributed by atoms with E-state index in [2.05, 4.69) is 13.2 Å². The lowest BCUT2D eigenvalue weighted by Gasteiger charge is -2.16. The number of ether oxygens (including phenoxy) is 4. The second-order valence-corrected chi connectivity index (χ2v) is 3.92. The van der Waals surface area contributed by atoms with Gasteiger partial charge < -0.3 is 18.9 Å². The second kappa shape index (κ2) is 5.59. The second-order valence-electron chi connectivity index (χ2n) is 3.92. The van der Waals surface area contributed by atoms with Crippen molar-refractivity contribution in [2.45, 2.75) is 24.4 Å². The largest absolute Gasteiger partial charge is 0.370 e. The first kappa shape index (κ1) is 11.8. The summed E-state index contributed by atoms with van der Waals surface area (Å²) in [5.74, 6) is 0. The van der Waals surface area contributed by atoms with Crippen molar-refractivity contribution in [2.24, 2.45) is 0 Å². The van der Waals surface area contributed by atoms with Crippen LogP contribution < -0.4 is 0 Å². The number of hydrogen-bond donors (Lipinski definition) is 0. The molecule has 2 aliphatic heterocycles. The van der Waals surface area contributed by atoms with Gasteiger partial charge in [0.2, 0.25) is 0 Å². The Bertz CT molecular complexity index is 227. The fourth-order valence-electron chi connectivity index (χ4n) is 2.10. The van der Waals surface area contributed by atoms with Gasteiger partial charge in [-0.15, -0.1) is 13.2 Å². The van der Waals surface area contributed by atoms with Crippen LogP contribution in [0.4, 0.5) is 0 Å². The summed E-state index contributed by atoms with van der Waals surface area (Å²) < 4.78 is 22.5. The molecule has 2 aliphatic rings. The minimum atomic E-state index is -0.00485. The predicted octanol–water partition coefficient (Wildman–Crippen LogP) is 0.926. The molecule has 0 aromatic rings. The molecule has 0 aliphatic carbocycles. The van der Waals surface area contributed by atoms with Gasteiger partial charge in [-0.1, -0.05) is 12.2 Å². The lowest BCUT2D eigenvalue weighted by atomic mass is 10.1. The molecule has 2 fully saturated rings. The maximum Gasteiger partial charge on any atom is 0.115 e. The minimum Gasteiger partial charge on any atom is -0.370 e. The van der Waals surface area contributed by atoms with Gasteiger partial charge in [0.25, 0.3) is 0 Å². The summed E-state index contributed by atoms with van der Waals surface area (Å²) in [5, 5.41) is 0. The molecule has 0 N–H and O–H groups in total. The maximum absolute atomic E-state index is 5.65. The first-order valence-electron chi connectivity index (χ1n) is 5.55. The third-order valence-corrected chi connectivity index (χ3v) is 2.82. The molecule has 4 atom stereocenters. The molecule has 0 radical (unpaired) electrons. The van der Waals surface area contributed by atoms with Crippen molar-refractivity contribution in [1.29, 1.82) is 0 Å². The number of hydrogen-bond acceptors (Lipinski definition) is 4. The van der Waals surface area contributed by atoms with Crippen LogP contribution >= 0.6 is 0 Å². The van der Waals surface area contributed by atoms with Gasteiger partial charge in [-0.05, 0) is 0 Å². The average Bonchev–Trinajstić information content (AvgIpc) is 2.86. The fourth-order valence-corrected chi connectivity index (χ4v) is 2.10. The standard InChI is InChI=1S/C12H18O4/c1-3-5-13-9-7-15-12-10(14-6-4-2)8-16-11(9)12/h3-4,9-12H,1-2,5-8H2/t9-,10-,11+,12+/m0/s1. The molecule has 4 nitrogen and oxygen atoms in total. The highest BCUT2D eigenvalue weighted by Crippen LogP contribution is 2.30. The molecular weight excluding hydrogens is 208 g/mol. The molecule has 4 heteroatoms. The third kappa shape index (κ3) is 2.35. The van der Waals surface area contributed by atoms with Gasteiger partial charge >= 0.3 is 0 Å². The van der Waals surface area contributed by atoms with Gasteiger partial charge in [0.05, 0.1) is 26.4 Å². The van der Waals surface area contributed by atoms with E-state index in [9.17, 15) is 0 Å². The molecule has 90 valence electrons. The Kier molecular flexibility index (Phi) is 4.12. The summed E-state index contributed by atoms with van der Waals surface area (Å²) in [4.78, 5) is 0. The summed E-state index contributed by atoms with van der Waals surface area (Å²) in [5.41, 5.74) is 0. The smallest absolute Gasteiger partial charge is 0.115 e. The third-order valence-electron chi connectivity index (χ3n) is 2.82. The van der Waals surface area contributed by atoms with Crippen LogP contribution in [0.3, 0.4) is 0 Å².